The molecule has 0 aliphatic heterocycles. The van der Waals surface area contributed by atoms with Crippen molar-refractivity contribution < 1.29 is 14.6 Å². The molecule has 5 nitrogen and oxygen atoms in total. The van der Waals surface area contributed by atoms with Crippen molar-refractivity contribution in [1.82, 2.24) is 4.98 Å². The lowest BCUT2D eigenvalue weighted by Gasteiger charge is -2.04. The first-order valence-corrected chi connectivity index (χ1v) is 4.98. The van der Waals surface area contributed by atoms with Crippen LogP contribution in [0.3, 0.4) is 0 Å². The minimum atomic E-state index is -1.05. The summed E-state index contributed by atoms with van der Waals surface area (Å²) in [6, 6.07) is 7.12. The zero-order valence-electron chi connectivity index (χ0n) is 9.23. The predicted molar refractivity (Wildman–Crippen MR) is 64.2 cm³/mol. The van der Waals surface area contributed by atoms with Crippen molar-refractivity contribution in [1.29, 1.82) is 0 Å². The second-order valence-corrected chi connectivity index (χ2v) is 3.53. The van der Waals surface area contributed by atoms with Crippen LogP contribution in [0.25, 0.3) is 11.3 Å². The summed E-state index contributed by atoms with van der Waals surface area (Å²) < 4.78 is 5.09. The average Bonchev–Trinajstić information content (AvgIpc) is 2.71. The largest absolute Gasteiger partial charge is 0.497 e. The van der Waals surface area contributed by atoms with Crippen molar-refractivity contribution in [3.63, 3.8) is 0 Å². The van der Waals surface area contributed by atoms with Gasteiger partial charge >= 0.3 is 5.97 Å². The normalized spacial score (nSPS) is 10.2. The lowest BCUT2D eigenvalue weighted by atomic mass is 10.1. The molecule has 1 aromatic carbocycles. The monoisotopic (exact) mass is 232 g/mol. The van der Waals surface area contributed by atoms with E-state index in [1.165, 1.54) is 6.20 Å². The van der Waals surface area contributed by atoms with Crippen LogP contribution in [0.15, 0.2) is 30.5 Å². The number of benzene rings is 1. The average molecular weight is 232 g/mol. The fourth-order valence-corrected chi connectivity index (χ4v) is 1.68. The summed E-state index contributed by atoms with van der Waals surface area (Å²) in [4.78, 5) is 14.0. The SMILES string of the molecule is COc1cccc(-c2[nH]cc(N)c2C(=O)O)c1. The standard InChI is InChI=1S/C12H12N2O3/c1-17-8-4-2-3-7(5-8)11-10(12(15)16)9(13)6-14-11/h2-6,14H,13H2,1H3,(H,15,16). The summed E-state index contributed by atoms with van der Waals surface area (Å²) in [5, 5.41) is 9.09. The van der Waals surface area contributed by atoms with Crippen LogP contribution in [-0.2, 0) is 0 Å². The Morgan fingerprint density at radius 1 is 1.47 bits per heavy atom. The number of aromatic nitrogens is 1. The van der Waals surface area contributed by atoms with Gasteiger partial charge in [0.2, 0.25) is 0 Å². The molecule has 0 saturated carbocycles. The molecule has 0 spiro atoms. The number of carbonyl (C=O) groups is 1. The number of methoxy groups -OCH3 is 1. The molecule has 1 aromatic heterocycles. The van der Waals surface area contributed by atoms with Gasteiger partial charge in [-0.05, 0) is 12.1 Å². The van der Waals surface area contributed by atoms with Crippen LogP contribution in [0.5, 0.6) is 5.75 Å². The van der Waals surface area contributed by atoms with Crippen molar-refractivity contribution in [2.45, 2.75) is 0 Å². The molecule has 0 aliphatic carbocycles. The Morgan fingerprint density at radius 3 is 2.88 bits per heavy atom. The molecule has 4 N–H and O–H groups in total. The van der Waals surface area contributed by atoms with Gasteiger partial charge in [-0.1, -0.05) is 12.1 Å². The quantitative estimate of drug-likeness (QED) is 0.754. The molecule has 0 saturated heterocycles. The summed E-state index contributed by atoms with van der Waals surface area (Å²) >= 11 is 0. The smallest absolute Gasteiger partial charge is 0.340 e. The molecule has 0 bridgehead atoms. The number of hydrogen-bond acceptors (Lipinski definition) is 3. The Hall–Kier alpha value is -2.43. The van der Waals surface area contributed by atoms with Gasteiger partial charge in [0, 0.05) is 11.8 Å². The molecule has 0 radical (unpaired) electrons. The van der Waals surface area contributed by atoms with Crippen LogP contribution in [0.2, 0.25) is 0 Å². The Bertz CT molecular complexity index is 561. The Kier molecular flexibility index (Phi) is 2.74. The molecular formula is C12H12N2O3. The fraction of sp³-hybridized carbons (Fsp3) is 0.0833. The lowest BCUT2D eigenvalue weighted by molar-refractivity contribution is 0.0699. The first-order chi connectivity index (χ1) is 8.13. The maximum absolute atomic E-state index is 11.1. The number of nitrogen functional groups attached to an aromatic ring is 1. The van der Waals surface area contributed by atoms with E-state index in [-0.39, 0.29) is 11.3 Å². The van der Waals surface area contributed by atoms with Gasteiger partial charge in [-0.25, -0.2) is 4.79 Å². The summed E-state index contributed by atoms with van der Waals surface area (Å²) in [6.45, 7) is 0. The summed E-state index contributed by atoms with van der Waals surface area (Å²) in [5.74, 6) is -0.395. The van der Waals surface area contributed by atoms with E-state index in [9.17, 15) is 4.79 Å². The Balaban J connectivity index is 2.56. The van der Waals surface area contributed by atoms with Gasteiger partial charge in [-0.3, -0.25) is 0 Å². The summed E-state index contributed by atoms with van der Waals surface area (Å²) in [5.41, 5.74) is 7.11. The van der Waals surface area contributed by atoms with Gasteiger partial charge in [0.15, 0.2) is 0 Å². The van der Waals surface area contributed by atoms with Gasteiger partial charge in [0.05, 0.1) is 18.5 Å². The molecule has 5 heteroatoms. The van der Waals surface area contributed by atoms with Gasteiger partial charge < -0.3 is 20.6 Å². The van der Waals surface area contributed by atoms with E-state index in [1.807, 2.05) is 0 Å². The van der Waals surface area contributed by atoms with Crippen molar-refractivity contribution in [3.05, 3.63) is 36.0 Å². The third-order valence-electron chi connectivity index (χ3n) is 2.48. The molecule has 0 unspecified atom stereocenters. The molecular weight excluding hydrogens is 220 g/mol. The number of hydrogen-bond donors (Lipinski definition) is 3. The highest BCUT2D eigenvalue weighted by atomic mass is 16.5. The third-order valence-corrected chi connectivity index (χ3v) is 2.48. The van der Waals surface area contributed by atoms with Gasteiger partial charge in [-0.15, -0.1) is 0 Å². The second kappa shape index (κ2) is 4.21. The second-order valence-electron chi connectivity index (χ2n) is 3.53. The first-order valence-electron chi connectivity index (χ1n) is 4.98. The molecule has 88 valence electrons. The maximum Gasteiger partial charge on any atom is 0.340 e. The zero-order valence-corrected chi connectivity index (χ0v) is 9.23. The maximum atomic E-state index is 11.1. The van der Waals surface area contributed by atoms with E-state index >= 15 is 0 Å². The molecule has 0 aliphatic rings. The zero-order chi connectivity index (χ0) is 12.4. The Labute approximate surface area is 97.8 Å². The number of rotatable bonds is 3. The van der Waals surface area contributed by atoms with Gasteiger partial charge in [0.25, 0.3) is 0 Å². The van der Waals surface area contributed by atoms with Crippen LogP contribution >= 0.6 is 0 Å². The lowest BCUT2D eigenvalue weighted by Crippen LogP contribution is -2.01. The number of aromatic carboxylic acids is 1. The minimum absolute atomic E-state index is 0.0817. The van der Waals surface area contributed by atoms with E-state index in [0.29, 0.717) is 11.4 Å². The van der Waals surface area contributed by atoms with Gasteiger partial charge in [-0.2, -0.15) is 0 Å². The van der Waals surface area contributed by atoms with E-state index in [2.05, 4.69) is 4.98 Å². The molecule has 17 heavy (non-hydrogen) atoms. The molecule has 0 fully saturated rings. The van der Waals surface area contributed by atoms with E-state index in [4.69, 9.17) is 15.6 Å². The van der Waals surface area contributed by atoms with Crippen molar-refractivity contribution in [2.24, 2.45) is 0 Å². The number of nitrogens with one attached hydrogen (secondary N) is 1. The van der Waals surface area contributed by atoms with E-state index in [1.54, 1.807) is 31.4 Å². The van der Waals surface area contributed by atoms with Crippen LogP contribution in [0.4, 0.5) is 5.69 Å². The van der Waals surface area contributed by atoms with Crippen molar-refractivity contribution >= 4 is 11.7 Å². The minimum Gasteiger partial charge on any atom is -0.497 e. The van der Waals surface area contributed by atoms with Crippen LogP contribution in [-0.4, -0.2) is 23.2 Å². The number of carboxylic acids is 1. The van der Waals surface area contributed by atoms with E-state index < -0.39 is 5.97 Å². The fourth-order valence-electron chi connectivity index (χ4n) is 1.68. The number of aromatic amines is 1. The highest BCUT2D eigenvalue weighted by Gasteiger charge is 2.17. The number of ether oxygens (including phenoxy) is 1. The van der Waals surface area contributed by atoms with Crippen molar-refractivity contribution in [3.8, 4) is 17.0 Å². The van der Waals surface area contributed by atoms with Crippen LogP contribution in [0.1, 0.15) is 10.4 Å². The molecule has 2 rings (SSSR count). The number of anilines is 1. The number of H-pyrrole nitrogens is 1. The Morgan fingerprint density at radius 2 is 2.24 bits per heavy atom. The first kappa shape index (κ1) is 11.1. The molecule has 0 atom stereocenters. The predicted octanol–water partition coefficient (Wildman–Crippen LogP) is 1.97. The number of nitrogens with two attached hydrogens (primary N) is 1. The molecule has 1 heterocycles. The summed E-state index contributed by atoms with van der Waals surface area (Å²) in [6.07, 6.45) is 1.47. The highest BCUT2D eigenvalue weighted by molar-refractivity contribution is 6.00. The summed E-state index contributed by atoms with van der Waals surface area (Å²) in [7, 11) is 1.56. The van der Waals surface area contributed by atoms with Crippen LogP contribution in [0, 0.1) is 0 Å². The topological polar surface area (TPSA) is 88.3 Å². The highest BCUT2D eigenvalue weighted by Crippen LogP contribution is 2.29. The van der Waals surface area contributed by atoms with Crippen molar-refractivity contribution in [2.75, 3.05) is 12.8 Å². The molecule has 0 amide bonds. The van der Waals surface area contributed by atoms with Gasteiger partial charge in [0.1, 0.15) is 11.3 Å². The van der Waals surface area contributed by atoms with E-state index in [0.717, 1.165) is 5.56 Å². The van der Waals surface area contributed by atoms with Crippen LogP contribution < -0.4 is 10.5 Å². The number of carboxylic acid groups (broad SMARTS) is 1. The third kappa shape index (κ3) is 1.94. The molecule has 2 aromatic rings.